The standard InChI is InChI=1S/C16H11N2/c1-2-9-14(10-3-1)17-18-16-12-6-8-13-7-4-5-11-15(13)16/h2-12H. The Balaban J connectivity index is 2.03. The van der Waals surface area contributed by atoms with Gasteiger partial charge in [-0.05, 0) is 29.7 Å². The summed E-state index contributed by atoms with van der Waals surface area (Å²) < 4.78 is 0. The number of fused-ring (bicyclic) bond motifs is 1. The Morgan fingerprint density at radius 2 is 1.50 bits per heavy atom. The Morgan fingerprint density at radius 1 is 0.722 bits per heavy atom. The summed E-state index contributed by atoms with van der Waals surface area (Å²) in [6, 6.07) is 24.6. The van der Waals surface area contributed by atoms with E-state index in [4.69, 9.17) is 0 Å². The highest BCUT2D eigenvalue weighted by Gasteiger charge is 1.97. The van der Waals surface area contributed by atoms with Gasteiger partial charge in [-0.15, -0.1) is 5.11 Å². The van der Waals surface area contributed by atoms with Crippen LogP contribution in [0.1, 0.15) is 0 Å². The summed E-state index contributed by atoms with van der Waals surface area (Å²) in [5.74, 6) is 0. The molecule has 0 bridgehead atoms. The highest BCUT2D eigenvalue weighted by molar-refractivity contribution is 5.92. The fourth-order valence-corrected chi connectivity index (χ4v) is 1.85. The zero-order valence-electron chi connectivity index (χ0n) is 9.75. The summed E-state index contributed by atoms with van der Waals surface area (Å²) in [6.07, 6.45) is 0. The van der Waals surface area contributed by atoms with Crippen molar-refractivity contribution in [1.82, 2.24) is 0 Å². The number of hydrogen-bond donors (Lipinski definition) is 0. The monoisotopic (exact) mass is 231 g/mol. The average Bonchev–Trinajstić information content (AvgIpc) is 2.46. The summed E-state index contributed by atoms with van der Waals surface area (Å²) in [5, 5.41) is 10.8. The van der Waals surface area contributed by atoms with Crippen LogP contribution in [0.2, 0.25) is 0 Å². The first kappa shape index (κ1) is 10.7. The molecule has 0 unspecified atom stereocenters. The maximum atomic E-state index is 4.32. The quantitative estimate of drug-likeness (QED) is 0.551. The fourth-order valence-electron chi connectivity index (χ4n) is 1.85. The summed E-state index contributed by atoms with van der Waals surface area (Å²) in [5.41, 5.74) is 1.72. The van der Waals surface area contributed by atoms with Crippen molar-refractivity contribution in [2.75, 3.05) is 0 Å². The van der Waals surface area contributed by atoms with E-state index in [1.807, 2.05) is 48.5 Å². The van der Waals surface area contributed by atoms with Crippen molar-refractivity contribution in [3.8, 4) is 0 Å². The highest BCUT2D eigenvalue weighted by atomic mass is 15.1. The van der Waals surface area contributed by atoms with E-state index >= 15 is 0 Å². The van der Waals surface area contributed by atoms with Gasteiger partial charge in [-0.3, -0.25) is 0 Å². The molecule has 0 fully saturated rings. The second-order valence-electron chi connectivity index (χ2n) is 3.96. The van der Waals surface area contributed by atoms with E-state index in [0.29, 0.717) is 0 Å². The van der Waals surface area contributed by atoms with E-state index in [9.17, 15) is 0 Å². The van der Waals surface area contributed by atoms with Crippen LogP contribution in [0.4, 0.5) is 11.4 Å². The lowest BCUT2D eigenvalue weighted by molar-refractivity contribution is 1.24. The lowest BCUT2D eigenvalue weighted by atomic mass is 10.1. The lowest BCUT2D eigenvalue weighted by Crippen LogP contribution is -1.72. The molecule has 85 valence electrons. The largest absolute Gasteiger partial charge is 0.151 e. The van der Waals surface area contributed by atoms with Crippen LogP contribution in [0, 0.1) is 6.07 Å². The highest BCUT2D eigenvalue weighted by Crippen LogP contribution is 2.27. The molecule has 0 aliphatic rings. The molecule has 0 aliphatic carbocycles. The third-order valence-electron chi connectivity index (χ3n) is 2.74. The number of nitrogens with zero attached hydrogens (tertiary/aromatic N) is 2. The van der Waals surface area contributed by atoms with E-state index < -0.39 is 0 Å². The van der Waals surface area contributed by atoms with Gasteiger partial charge in [-0.25, -0.2) is 0 Å². The van der Waals surface area contributed by atoms with Crippen molar-refractivity contribution in [2.24, 2.45) is 10.2 Å². The summed E-state index contributed by atoms with van der Waals surface area (Å²) >= 11 is 0. The average molecular weight is 231 g/mol. The van der Waals surface area contributed by atoms with E-state index in [1.165, 1.54) is 5.39 Å². The Labute approximate surface area is 106 Å². The van der Waals surface area contributed by atoms with Crippen molar-refractivity contribution in [3.63, 3.8) is 0 Å². The number of hydrogen-bond acceptors (Lipinski definition) is 2. The minimum Gasteiger partial charge on any atom is -0.151 e. The SMILES string of the molecule is [c]1ccc(N=Nc2cccc3ccccc23)cc1. The maximum Gasteiger partial charge on any atom is 0.0935 e. The Hall–Kier alpha value is -2.48. The van der Waals surface area contributed by atoms with Crippen LogP contribution >= 0.6 is 0 Å². The maximum absolute atomic E-state index is 4.32. The van der Waals surface area contributed by atoms with Crippen LogP contribution in [0.15, 0.2) is 77.0 Å². The van der Waals surface area contributed by atoms with Crippen molar-refractivity contribution < 1.29 is 0 Å². The molecule has 2 nitrogen and oxygen atoms in total. The van der Waals surface area contributed by atoms with Crippen LogP contribution in [-0.4, -0.2) is 0 Å². The van der Waals surface area contributed by atoms with E-state index in [2.05, 4.69) is 34.5 Å². The summed E-state index contributed by atoms with van der Waals surface area (Å²) in [6.45, 7) is 0. The fraction of sp³-hybridized carbons (Fsp3) is 0. The zero-order chi connectivity index (χ0) is 12.2. The third kappa shape index (κ3) is 2.13. The van der Waals surface area contributed by atoms with E-state index in [0.717, 1.165) is 16.8 Å². The van der Waals surface area contributed by atoms with Gasteiger partial charge in [-0.1, -0.05) is 48.5 Å². The minimum absolute atomic E-state index is 0.835. The molecule has 1 radical (unpaired) electrons. The first-order valence-corrected chi connectivity index (χ1v) is 5.79. The number of azo groups is 1. The Bertz CT molecular complexity index is 682. The molecule has 0 saturated carbocycles. The normalized spacial score (nSPS) is 11.1. The molecule has 0 atom stereocenters. The summed E-state index contributed by atoms with van der Waals surface area (Å²) in [4.78, 5) is 0. The predicted molar refractivity (Wildman–Crippen MR) is 73.4 cm³/mol. The van der Waals surface area contributed by atoms with Gasteiger partial charge in [-0.2, -0.15) is 5.11 Å². The molecule has 3 aromatic carbocycles. The van der Waals surface area contributed by atoms with Crippen LogP contribution in [0.5, 0.6) is 0 Å². The van der Waals surface area contributed by atoms with Gasteiger partial charge in [0.1, 0.15) is 0 Å². The topological polar surface area (TPSA) is 24.7 Å². The molecule has 0 heterocycles. The van der Waals surface area contributed by atoms with Crippen molar-refractivity contribution in [2.45, 2.75) is 0 Å². The van der Waals surface area contributed by atoms with Crippen LogP contribution in [-0.2, 0) is 0 Å². The second-order valence-corrected chi connectivity index (χ2v) is 3.96. The molecule has 0 spiro atoms. The van der Waals surface area contributed by atoms with Crippen molar-refractivity contribution in [3.05, 3.63) is 72.8 Å². The molecule has 0 aromatic heterocycles. The van der Waals surface area contributed by atoms with Gasteiger partial charge in [0.25, 0.3) is 0 Å². The Kier molecular flexibility index (Phi) is 2.84. The second kappa shape index (κ2) is 4.80. The van der Waals surface area contributed by atoms with E-state index in [1.54, 1.807) is 0 Å². The van der Waals surface area contributed by atoms with Gasteiger partial charge in [0.15, 0.2) is 0 Å². The van der Waals surface area contributed by atoms with Gasteiger partial charge in [0, 0.05) is 5.39 Å². The minimum atomic E-state index is 0.835. The molecule has 2 heteroatoms. The smallest absolute Gasteiger partial charge is 0.0935 e. The van der Waals surface area contributed by atoms with Crippen LogP contribution in [0.25, 0.3) is 10.8 Å². The van der Waals surface area contributed by atoms with Crippen LogP contribution < -0.4 is 0 Å². The molecule has 0 N–H and O–H groups in total. The third-order valence-corrected chi connectivity index (χ3v) is 2.74. The molecular formula is C16H11N2. The molecule has 3 rings (SSSR count). The van der Waals surface area contributed by atoms with Crippen molar-refractivity contribution >= 4 is 22.1 Å². The molecule has 0 amide bonds. The molecule has 18 heavy (non-hydrogen) atoms. The van der Waals surface area contributed by atoms with Gasteiger partial charge in [0.2, 0.25) is 0 Å². The lowest BCUT2D eigenvalue weighted by Gasteiger charge is -2.00. The first-order valence-electron chi connectivity index (χ1n) is 5.79. The van der Waals surface area contributed by atoms with Gasteiger partial charge >= 0.3 is 0 Å². The zero-order valence-corrected chi connectivity index (χ0v) is 9.75. The molecule has 0 saturated heterocycles. The van der Waals surface area contributed by atoms with Gasteiger partial charge < -0.3 is 0 Å². The first-order chi connectivity index (χ1) is 8.93. The number of benzene rings is 3. The molecular weight excluding hydrogens is 220 g/mol. The predicted octanol–water partition coefficient (Wildman–Crippen LogP) is 5.06. The van der Waals surface area contributed by atoms with Crippen LogP contribution in [0.3, 0.4) is 0 Å². The van der Waals surface area contributed by atoms with Crippen molar-refractivity contribution in [1.29, 1.82) is 0 Å². The summed E-state index contributed by atoms with van der Waals surface area (Å²) in [7, 11) is 0. The Morgan fingerprint density at radius 3 is 2.39 bits per heavy atom. The van der Waals surface area contributed by atoms with E-state index in [-0.39, 0.29) is 0 Å². The molecule has 0 aliphatic heterocycles. The van der Waals surface area contributed by atoms with Gasteiger partial charge in [0.05, 0.1) is 11.4 Å². The molecule has 3 aromatic rings. The number of rotatable bonds is 2.